The van der Waals surface area contributed by atoms with E-state index in [2.05, 4.69) is 46.8 Å². The highest BCUT2D eigenvalue weighted by atomic mass is 16.5. The van der Waals surface area contributed by atoms with Gasteiger partial charge in [-0.15, -0.1) is 0 Å². The van der Waals surface area contributed by atoms with E-state index in [0.29, 0.717) is 5.41 Å². The summed E-state index contributed by atoms with van der Waals surface area (Å²) < 4.78 is 5.69. The van der Waals surface area contributed by atoms with Crippen LogP contribution in [0.25, 0.3) is 0 Å². The lowest BCUT2D eigenvalue weighted by molar-refractivity contribution is 0.132. The van der Waals surface area contributed by atoms with Crippen LogP contribution in [0.3, 0.4) is 0 Å². The van der Waals surface area contributed by atoms with E-state index >= 15 is 0 Å². The Kier molecular flexibility index (Phi) is 4.39. The minimum Gasteiger partial charge on any atom is -0.496 e. The lowest BCUT2D eigenvalue weighted by Gasteiger charge is -2.43. The summed E-state index contributed by atoms with van der Waals surface area (Å²) in [5, 5.41) is 0. The molecule has 0 spiro atoms. The maximum Gasteiger partial charge on any atom is 0.127 e. The number of hydrogen-bond acceptors (Lipinski definition) is 2. The van der Waals surface area contributed by atoms with Gasteiger partial charge >= 0.3 is 0 Å². The van der Waals surface area contributed by atoms with Gasteiger partial charge in [0.15, 0.2) is 0 Å². The highest BCUT2D eigenvalue weighted by Gasteiger charge is 2.39. The third-order valence-corrected chi connectivity index (χ3v) is 5.52. The average molecular weight is 289 g/mol. The fourth-order valence-corrected chi connectivity index (χ4v) is 3.71. The van der Waals surface area contributed by atoms with Crippen molar-refractivity contribution in [3.63, 3.8) is 0 Å². The van der Waals surface area contributed by atoms with Gasteiger partial charge in [0.25, 0.3) is 0 Å². The summed E-state index contributed by atoms with van der Waals surface area (Å²) >= 11 is 0. The van der Waals surface area contributed by atoms with Gasteiger partial charge in [-0.3, -0.25) is 0 Å². The molecule has 1 aliphatic carbocycles. The van der Waals surface area contributed by atoms with Crippen molar-refractivity contribution < 1.29 is 4.74 Å². The highest BCUT2D eigenvalue weighted by Crippen LogP contribution is 2.46. The van der Waals surface area contributed by atoms with Crippen molar-refractivity contribution in [1.29, 1.82) is 0 Å². The Balaban J connectivity index is 2.29. The van der Waals surface area contributed by atoms with Gasteiger partial charge in [-0.25, -0.2) is 0 Å². The minimum atomic E-state index is -0.231. The Labute approximate surface area is 130 Å². The fourth-order valence-electron chi connectivity index (χ4n) is 3.71. The molecule has 1 saturated carbocycles. The van der Waals surface area contributed by atoms with Gasteiger partial charge in [0.05, 0.1) is 7.11 Å². The van der Waals surface area contributed by atoms with Crippen LogP contribution in [0.2, 0.25) is 0 Å². The van der Waals surface area contributed by atoms with Gasteiger partial charge in [0.2, 0.25) is 0 Å². The summed E-state index contributed by atoms with van der Waals surface area (Å²) in [6.45, 7) is 11.3. The third-order valence-electron chi connectivity index (χ3n) is 5.52. The van der Waals surface area contributed by atoms with Gasteiger partial charge in [-0.2, -0.15) is 0 Å². The van der Waals surface area contributed by atoms with Crippen LogP contribution in [0.5, 0.6) is 5.75 Å². The smallest absolute Gasteiger partial charge is 0.127 e. The van der Waals surface area contributed by atoms with E-state index < -0.39 is 0 Å². The number of hydrogen-bond donors (Lipinski definition) is 1. The number of methoxy groups -OCH3 is 1. The molecule has 21 heavy (non-hydrogen) atoms. The second kappa shape index (κ2) is 5.64. The summed E-state index contributed by atoms with van der Waals surface area (Å²) in [6.07, 6.45) is 4.51. The van der Waals surface area contributed by atoms with Gasteiger partial charge in [-0.05, 0) is 62.0 Å². The Morgan fingerprint density at radius 1 is 1.14 bits per heavy atom. The zero-order valence-corrected chi connectivity index (χ0v) is 14.5. The molecule has 0 bridgehead atoms. The first kappa shape index (κ1) is 16.4. The van der Waals surface area contributed by atoms with Crippen LogP contribution in [0, 0.1) is 25.2 Å². The number of nitrogens with two attached hydrogens (primary N) is 1. The number of ether oxygens (including phenoxy) is 1. The maximum absolute atomic E-state index is 6.80. The molecule has 0 aromatic heterocycles. The number of rotatable bonds is 2. The maximum atomic E-state index is 6.80. The minimum absolute atomic E-state index is 0.231. The molecule has 1 fully saturated rings. The Morgan fingerprint density at radius 3 is 2.19 bits per heavy atom. The molecule has 0 aliphatic heterocycles. The second-order valence-corrected chi connectivity index (χ2v) is 7.88. The Hall–Kier alpha value is -1.02. The van der Waals surface area contributed by atoms with Gasteiger partial charge in [0, 0.05) is 11.1 Å². The summed E-state index contributed by atoms with van der Waals surface area (Å²) in [5.74, 6) is 1.76. The molecular formula is C19H31NO. The molecule has 0 radical (unpaired) electrons. The summed E-state index contributed by atoms with van der Waals surface area (Å²) in [5.41, 5.74) is 10.6. The van der Waals surface area contributed by atoms with Gasteiger partial charge in [-0.1, -0.05) is 32.9 Å². The van der Waals surface area contributed by atoms with Crippen molar-refractivity contribution in [3.05, 3.63) is 28.8 Å². The topological polar surface area (TPSA) is 35.2 Å². The summed E-state index contributed by atoms with van der Waals surface area (Å²) in [4.78, 5) is 0. The van der Waals surface area contributed by atoms with E-state index in [4.69, 9.17) is 10.5 Å². The van der Waals surface area contributed by atoms with Crippen molar-refractivity contribution in [2.45, 2.75) is 65.8 Å². The molecule has 0 atom stereocenters. The van der Waals surface area contributed by atoms with E-state index in [9.17, 15) is 0 Å². The normalized spacial score (nSPS) is 26.7. The first-order valence-corrected chi connectivity index (χ1v) is 8.12. The van der Waals surface area contributed by atoms with Crippen LogP contribution in [-0.2, 0) is 5.54 Å². The first-order chi connectivity index (χ1) is 9.69. The molecule has 2 nitrogen and oxygen atoms in total. The van der Waals surface area contributed by atoms with Crippen LogP contribution in [0.4, 0.5) is 0 Å². The molecule has 0 unspecified atom stereocenters. The monoisotopic (exact) mass is 289 g/mol. The van der Waals surface area contributed by atoms with Crippen molar-refractivity contribution in [3.8, 4) is 5.75 Å². The first-order valence-electron chi connectivity index (χ1n) is 8.12. The number of benzene rings is 1. The average Bonchev–Trinajstić information content (AvgIpc) is 2.41. The van der Waals surface area contributed by atoms with Crippen LogP contribution < -0.4 is 10.5 Å². The molecule has 0 amide bonds. The van der Waals surface area contributed by atoms with E-state index in [0.717, 1.165) is 24.5 Å². The van der Waals surface area contributed by atoms with Crippen LogP contribution in [0.1, 0.15) is 63.1 Å². The third kappa shape index (κ3) is 3.11. The van der Waals surface area contributed by atoms with E-state index in [1.54, 1.807) is 7.11 Å². The molecule has 0 heterocycles. The Bertz CT molecular complexity index is 505. The molecular weight excluding hydrogens is 258 g/mol. The largest absolute Gasteiger partial charge is 0.496 e. The lowest BCUT2D eigenvalue weighted by Crippen LogP contribution is -2.42. The van der Waals surface area contributed by atoms with Crippen molar-refractivity contribution in [2.24, 2.45) is 17.1 Å². The van der Waals surface area contributed by atoms with Crippen LogP contribution in [0.15, 0.2) is 12.1 Å². The summed E-state index contributed by atoms with van der Waals surface area (Å²) in [7, 11) is 1.76. The van der Waals surface area contributed by atoms with Crippen molar-refractivity contribution in [2.75, 3.05) is 7.11 Å². The fraction of sp³-hybridized carbons (Fsp3) is 0.684. The second-order valence-electron chi connectivity index (χ2n) is 7.88. The molecule has 0 saturated heterocycles. The highest BCUT2D eigenvalue weighted by molar-refractivity contribution is 5.48. The molecule has 1 aliphatic rings. The molecule has 1 aromatic carbocycles. The quantitative estimate of drug-likeness (QED) is 0.856. The lowest BCUT2D eigenvalue weighted by atomic mass is 9.65. The standard InChI is InChI=1S/C19H31NO/c1-13-7-8-16(17(21-6)14(13)2)19(20)11-9-15(10-12-19)18(3,4)5/h7-8,15H,9-12,20H2,1-6H3. The predicted molar refractivity (Wildman–Crippen MR) is 89.7 cm³/mol. The SMILES string of the molecule is COc1c(C2(N)CCC(C(C)(C)C)CC2)ccc(C)c1C. The van der Waals surface area contributed by atoms with Crippen molar-refractivity contribution in [1.82, 2.24) is 0 Å². The zero-order chi connectivity index (χ0) is 15.8. The molecule has 2 heteroatoms. The molecule has 1 aromatic rings. The van der Waals surface area contributed by atoms with Crippen LogP contribution >= 0.6 is 0 Å². The van der Waals surface area contributed by atoms with Gasteiger partial charge in [0.1, 0.15) is 5.75 Å². The molecule has 2 rings (SSSR count). The Morgan fingerprint density at radius 2 is 1.71 bits per heavy atom. The molecule has 2 N–H and O–H groups in total. The van der Waals surface area contributed by atoms with Gasteiger partial charge < -0.3 is 10.5 Å². The van der Waals surface area contributed by atoms with E-state index in [1.807, 2.05) is 0 Å². The van der Waals surface area contributed by atoms with E-state index in [-0.39, 0.29) is 5.54 Å². The van der Waals surface area contributed by atoms with Crippen molar-refractivity contribution >= 4 is 0 Å². The summed E-state index contributed by atoms with van der Waals surface area (Å²) in [6, 6.07) is 4.36. The predicted octanol–water partition coefficient (Wildman–Crippen LogP) is 4.70. The number of aryl methyl sites for hydroxylation is 1. The van der Waals surface area contributed by atoms with E-state index in [1.165, 1.54) is 29.5 Å². The molecule has 118 valence electrons. The zero-order valence-electron chi connectivity index (χ0n) is 14.5. The van der Waals surface area contributed by atoms with Crippen LogP contribution in [-0.4, -0.2) is 7.11 Å².